The first kappa shape index (κ1) is 8.97. The third kappa shape index (κ3) is 3.18. The minimum absolute atomic E-state index is 0.0196. The summed E-state index contributed by atoms with van der Waals surface area (Å²) in [7, 11) is 1.95. The van der Waals surface area contributed by atoms with Crippen LogP contribution in [0.2, 0.25) is 0 Å². The van der Waals surface area contributed by atoms with Crippen LogP contribution in [0.15, 0.2) is 0 Å². The molecule has 0 bridgehead atoms. The van der Waals surface area contributed by atoms with E-state index in [1.165, 1.54) is 0 Å². The Bertz CT molecular complexity index is 102. The predicted octanol–water partition coefficient (Wildman–Crippen LogP) is 0.747. The minimum Gasteiger partial charge on any atom is -0.353 e. The number of rotatable bonds is 3. The normalized spacial score (nSPS) is 23.5. The first-order chi connectivity index (χ1) is 5.33. The van der Waals surface area contributed by atoms with Crippen LogP contribution in [0.3, 0.4) is 0 Å². The van der Waals surface area contributed by atoms with Crippen LogP contribution in [-0.2, 0) is 9.47 Å². The molecule has 11 heavy (non-hydrogen) atoms. The Hall–Kier alpha value is -0.120. The van der Waals surface area contributed by atoms with Gasteiger partial charge in [0.2, 0.25) is 0 Å². The van der Waals surface area contributed by atoms with E-state index in [0.717, 1.165) is 26.1 Å². The summed E-state index contributed by atoms with van der Waals surface area (Å²) in [6, 6.07) is 0.470. The molecule has 0 spiro atoms. The zero-order valence-electron chi connectivity index (χ0n) is 7.30. The molecule has 1 rings (SSSR count). The molecule has 0 amide bonds. The fraction of sp³-hybridized carbons (Fsp3) is 1.00. The van der Waals surface area contributed by atoms with E-state index in [4.69, 9.17) is 9.47 Å². The zero-order chi connectivity index (χ0) is 8.10. The van der Waals surface area contributed by atoms with Gasteiger partial charge in [0.25, 0.3) is 0 Å². The van der Waals surface area contributed by atoms with Crippen LogP contribution in [-0.4, -0.2) is 32.6 Å². The number of ether oxygens (including phenoxy) is 2. The molecule has 1 saturated heterocycles. The van der Waals surface area contributed by atoms with Crippen molar-refractivity contribution in [3.05, 3.63) is 0 Å². The summed E-state index contributed by atoms with van der Waals surface area (Å²) in [5.74, 6) is 0. The van der Waals surface area contributed by atoms with Crippen LogP contribution in [0.5, 0.6) is 0 Å². The van der Waals surface area contributed by atoms with E-state index in [0.29, 0.717) is 6.04 Å². The van der Waals surface area contributed by atoms with Crippen LogP contribution < -0.4 is 5.32 Å². The molecule has 1 unspecified atom stereocenters. The van der Waals surface area contributed by atoms with Crippen molar-refractivity contribution in [1.82, 2.24) is 5.32 Å². The summed E-state index contributed by atoms with van der Waals surface area (Å²) in [6.07, 6.45) is 1.99. The van der Waals surface area contributed by atoms with E-state index in [2.05, 4.69) is 12.2 Å². The van der Waals surface area contributed by atoms with Crippen LogP contribution in [0, 0.1) is 0 Å². The van der Waals surface area contributed by atoms with Gasteiger partial charge in [-0.3, -0.25) is 0 Å². The van der Waals surface area contributed by atoms with Gasteiger partial charge in [-0.15, -0.1) is 0 Å². The van der Waals surface area contributed by atoms with E-state index in [1.807, 2.05) is 7.05 Å². The molecule has 0 aromatic heterocycles. The smallest absolute Gasteiger partial charge is 0.159 e. The molecule has 1 atom stereocenters. The highest BCUT2D eigenvalue weighted by molar-refractivity contribution is 4.61. The highest BCUT2D eigenvalue weighted by Crippen LogP contribution is 2.09. The molecule has 0 radical (unpaired) electrons. The third-order valence-electron chi connectivity index (χ3n) is 1.93. The van der Waals surface area contributed by atoms with E-state index in [9.17, 15) is 0 Å². The van der Waals surface area contributed by atoms with Gasteiger partial charge >= 0.3 is 0 Å². The van der Waals surface area contributed by atoms with Gasteiger partial charge in [0.15, 0.2) is 6.29 Å². The number of hydrogen-bond donors (Lipinski definition) is 1. The van der Waals surface area contributed by atoms with Gasteiger partial charge in [-0.05, 0) is 20.4 Å². The molecule has 3 nitrogen and oxygen atoms in total. The van der Waals surface area contributed by atoms with Crippen LogP contribution in [0.1, 0.15) is 19.8 Å². The van der Waals surface area contributed by atoms with Crippen molar-refractivity contribution in [3.63, 3.8) is 0 Å². The van der Waals surface area contributed by atoms with E-state index < -0.39 is 0 Å². The standard InChI is InChI=1S/C8H17NO2/c1-7(9-2)6-8-10-4-3-5-11-8/h7-9H,3-6H2,1-2H3. The summed E-state index contributed by atoms with van der Waals surface area (Å²) < 4.78 is 10.8. The molecule has 0 aromatic carbocycles. The molecular weight excluding hydrogens is 142 g/mol. The number of nitrogens with one attached hydrogen (secondary N) is 1. The average molecular weight is 159 g/mol. The predicted molar refractivity (Wildman–Crippen MR) is 43.4 cm³/mol. The largest absolute Gasteiger partial charge is 0.353 e. The second-order valence-corrected chi connectivity index (χ2v) is 2.95. The lowest BCUT2D eigenvalue weighted by Gasteiger charge is -2.25. The topological polar surface area (TPSA) is 30.5 Å². The lowest BCUT2D eigenvalue weighted by atomic mass is 10.2. The van der Waals surface area contributed by atoms with Crippen molar-refractivity contribution in [2.45, 2.75) is 32.1 Å². The Morgan fingerprint density at radius 1 is 1.45 bits per heavy atom. The molecule has 1 N–H and O–H groups in total. The Morgan fingerprint density at radius 2 is 2.09 bits per heavy atom. The Labute approximate surface area is 68.1 Å². The minimum atomic E-state index is 0.0196. The van der Waals surface area contributed by atoms with Gasteiger partial charge in [-0.2, -0.15) is 0 Å². The first-order valence-corrected chi connectivity index (χ1v) is 4.23. The first-order valence-electron chi connectivity index (χ1n) is 4.23. The van der Waals surface area contributed by atoms with Crippen molar-refractivity contribution >= 4 is 0 Å². The molecule has 1 aliphatic rings. The quantitative estimate of drug-likeness (QED) is 0.659. The summed E-state index contributed by atoms with van der Waals surface area (Å²) in [5, 5.41) is 3.15. The molecule has 1 fully saturated rings. The monoisotopic (exact) mass is 159 g/mol. The summed E-state index contributed by atoms with van der Waals surface area (Å²) in [6.45, 7) is 3.82. The maximum absolute atomic E-state index is 5.39. The van der Waals surface area contributed by atoms with E-state index in [1.54, 1.807) is 0 Å². The van der Waals surface area contributed by atoms with E-state index in [-0.39, 0.29) is 6.29 Å². The molecule has 0 aliphatic carbocycles. The molecule has 1 aliphatic heterocycles. The Morgan fingerprint density at radius 3 is 2.64 bits per heavy atom. The van der Waals surface area contributed by atoms with Gasteiger partial charge in [0, 0.05) is 12.5 Å². The van der Waals surface area contributed by atoms with Gasteiger partial charge < -0.3 is 14.8 Å². The average Bonchev–Trinajstić information content (AvgIpc) is 2.06. The maximum Gasteiger partial charge on any atom is 0.159 e. The third-order valence-corrected chi connectivity index (χ3v) is 1.93. The molecule has 0 saturated carbocycles. The van der Waals surface area contributed by atoms with Crippen molar-refractivity contribution in [2.24, 2.45) is 0 Å². The van der Waals surface area contributed by atoms with Crippen molar-refractivity contribution in [2.75, 3.05) is 20.3 Å². The molecular formula is C8H17NO2. The lowest BCUT2D eigenvalue weighted by molar-refractivity contribution is -0.183. The Kier molecular flexibility index (Phi) is 3.83. The van der Waals surface area contributed by atoms with Gasteiger partial charge in [-0.25, -0.2) is 0 Å². The van der Waals surface area contributed by atoms with Crippen molar-refractivity contribution < 1.29 is 9.47 Å². The number of hydrogen-bond acceptors (Lipinski definition) is 3. The molecule has 0 aromatic rings. The van der Waals surface area contributed by atoms with Gasteiger partial charge in [0.1, 0.15) is 0 Å². The second kappa shape index (κ2) is 4.70. The van der Waals surface area contributed by atoms with Crippen molar-refractivity contribution in [1.29, 1.82) is 0 Å². The molecule has 3 heteroatoms. The second-order valence-electron chi connectivity index (χ2n) is 2.95. The highest BCUT2D eigenvalue weighted by Gasteiger charge is 2.15. The fourth-order valence-corrected chi connectivity index (χ4v) is 1.08. The van der Waals surface area contributed by atoms with Crippen LogP contribution in [0.4, 0.5) is 0 Å². The zero-order valence-corrected chi connectivity index (χ0v) is 7.30. The summed E-state index contributed by atoms with van der Waals surface area (Å²) >= 11 is 0. The van der Waals surface area contributed by atoms with Gasteiger partial charge in [-0.1, -0.05) is 0 Å². The fourth-order valence-electron chi connectivity index (χ4n) is 1.08. The maximum atomic E-state index is 5.39. The SMILES string of the molecule is CNC(C)CC1OCCCO1. The van der Waals surface area contributed by atoms with Crippen LogP contribution >= 0.6 is 0 Å². The lowest BCUT2D eigenvalue weighted by Crippen LogP contribution is -2.32. The van der Waals surface area contributed by atoms with Crippen LogP contribution in [0.25, 0.3) is 0 Å². The summed E-state index contributed by atoms with van der Waals surface area (Å²) in [4.78, 5) is 0. The Balaban J connectivity index is 2.13. The molecule has 1 heterocycles. The summed E-state index contributed by atoms with van der Waals surface area (Å²) in [5.41, 5.74) is 0. The van der Waals surface area contributed by atoms with Gasteiger partial charge in [0.05, 0.1) is 13.2 Å². The van der Waals surface area contributed by atoms with Crippen molar-refractivity contribution in [3.8, 4) is 0 Å². The van der Waals surface area contributed by atoms with E-state index >= 15 is 0 Å². The molecule has 66 valence electrons. The highest BCUT2D eigenvalue weighted by atomic mass is 16.7.